The fourth-order valence-electron chi connectivity index (χ4n) is 1.98. The molecule has 2 aromatic heterocycles. The maximum Gasteiger partial charge on any atom is 0.327 e. The zero-order chi connectivity index (χ0) is 10.4. The molecule has 1 aliphatic carbocycles. The summed E-state index contributed by atoms with van der Waals surface area (Å²) in [5.41, 5.74) is 1.08. The van der Waals surface area contributed by atoms with Crippen LogP contribution in [0.5, 0.6) is 0 Å². The molecule has 0 aliphatic heterocycles. The maximum atomic E-state index is 11.6. The van der Waals surface area contributed by atoms with E-state index in [1.807, 2.05) is 0 Å². The summed E-state index contributed by atoms with van der Waals surface area (Å²) in [6.45, 7) is 0. The fraction of sp³-hybridized carbons (Fsp3) is 0.444. The van der Waals surface area contributed by atoms with Crippen LogP contribution < -0.4 is 5.69 Å². The third-order valence-electron chi connectivity index (χ3n) is 2.83. The van der Waals surface area contributed by atoms with Crippen LogP contribution in [0.3, 0.4) is 0 Å². The Bertz CT molecular complexity index is 552. The number of fused-ring (bicyclic) bond motifs is 1. The van der Waals surface area contributed by atoms with Crippen LogP contribution in [0.1, 0.15) is 18.9 Å². The minimum atomic E-state index is -0.284. The van der Waals surface area contributed by atoms with Crippen LogP contribution in [0, 0.1) is 0 Å². The summed E-state index contributed by atoms with van der Waals surface area (Å²) in [7, 11) is 0. The van der Waals surface area contributed by atoms with Gasteiger partial charge in [0.05, 0.1) is 12.3 Å². The van der Waals surface area contributed by atoms with Crippen molar-refractivity contribution in [1.82, 2.24) is 19.5 Å². The van der Waals surface area contributed by atoms with Gasteiger partial charge in [-0.25, -0.2) is 14.8 Å². The Kier molecular flexibility index (Phi) is 1.66. The van der Waals surface area contributed by atoms with E-state index in [0.29, 0.717) is 24.0 Å². The number of imidazole rings is 1. The van der Waals surface area contributed by atoms with Gasteiger partial charge in [0.2, 0.25) is 0 Å². The Labute approximate surface area is 84.6 Å². The van der Waals surface area contributed by atoms with Crippen LogP contribution in [-0.2, 0) is 0 Å². The number of nitrogens with zero attached hydrogens (tertiary/aromatic N) is 3. The van der Waals surface area contributed by atoms with Gasteiger partial charge in [-0.05, 0) is 12.8 Å². The number of aromatic nitrogens is 4. The average Bonchev–Trinajstić information content (AvgIpc) is 2.49. The summed E-state index contributed by atoms with van der Waals surface area (Å²) < 4.78 is 1.60. The fourth-order valence-corrected chi connectivity index (χ4v) is 1.98. The number of hydrogen-bond acceptors (Lipinski definition) is 4. The molecule has 1 fully saturated rings. The van der Waals surface area contributed by atoms with Gasteiger partial charge < -0.3 is 10.1 Å². The first-order valence-corrected chi connectivity index (χ1v) is 4.84. The molecular weight excluding hydrogens is 196 g/mol. The van der Waals surface area contributed by atoms with Crippen LogP contribution in [0.4, 0.5) is 0 Å². The number of rotatable bonds is 1. The molecule has 1 saturated carbocycles. The van der Waals surface area contributed by atoms with Crippen molar-refractivity contribution in [2.24, 2.45) is 0 Å². The SMILES string of the molecule is O=c1[nH]c2cncnc2n1C1CC(O)C1. The number of nitrogens with one attached hydrogen (secondary N) is 1. The smallest absolute Gasteiger partial charge is 0.327 e. The zero-order valence-electron chi connectivity index (χ0n) is 7.92. The van der Waals surface area contributed by atoms with Gasteiger partial charge >= 0.3 is 5.69 Å². The van der Waals surface area contributed by atoms with Crippen LogP contribution >= 0.6 is 0 Å². The standard InChI is InChI=1S/C9H10N4O2/c14-6-1-5(2-6)13-8-7(12-9(13)15)3-10-4-11-8/h3-6,14H,1-2H2,(H,12,15). The molecule has 6 nitrogen and oxygen atoms in total. The first kappa shape index (κ1) is 8.60. The van der Waals surface area contributed by atoms with Crippen LogP contribution in [0.25, 0.3) is 11.2 Å². The van der Waals surface area contributed by atoms with Crippen molar-refractivity contribution in [3.05, 3.63) is 23.0 Å². The molecule has 1 aliphatic rings. The molecule has 0 amide bonds. The van der Waals surface area contributed by atoms with Gasteiger partial charge in [-0.3, -0.25) is 4.57 Å². The summed E-state index contributed by atoms with van der Waals surface area (Å²) in [6, 6.07) is 0.0659. The quantitative estimate of drug-likeness (QED) is 0.677. The lowest BCUT2D eigenvalue weighted by atomic mass is 9.89. The van der Waals surface area contributed by atoms with Crippen molar-refractivity contribution in [3.63, 3.8) is 0 Å². The van der Waals surface area contributed by atoms with E-state index in [9.17, 15) is 9.90 Å². The number of H-pyrrole nitrogens is 1. The van der Waals surface area contributed by atoms with Crippen LogP contribution in [-0.4, -0.2) is 30.7 Å². The molecule has 2 N–H and O–H groups in total. The lowest BCUT2D eigenvalue weighted by Crippen LogP contribution is -2.35. The van der Waals surface area contributed by atoms with E-state index in [1.54, 1.807) is 10.8 Å². The Balaban J connectivity index is 2.17. The molecule has 0 atom stereocenters. The van der Waals surface area contributed by atoms with E-state index >= 15 is 0 Å². The molecule has 15 heavy (non-hydrogen) atoms. The van der Waals surface area contributed by atoms with Gasteiger partial charge in [0, 0.05) is 6.04 Å². The largest absolute Gasteiger partial charge is 0.393 e. The molecule has 0 radical (unpaired) electrons. The molecular formula is C9H10N4O2. The number of aromatic amines is 1. The maximum absolute atomic E-state index is 11.6. The first-order chi connectivity index (χ1) is 7.25. The number of aliphatic hydroxyl groups is 1. The molecule has 2 heterocycles. The minimum Gasteiger partial charge on any atom is -0.393 e. The molecule has 0 saturated heterocycles. The summed E-state index contributed by atoms with van der Waals surface area (Å²) in [4.78, 5) is 22.2. The van der Waals surface area contributed by atoms with Crippen molar-refractivity contribution in [2.45, 2.75) is 25.0 Å². The average molecular weight is 206 g/mol. The monoisotopic (exact) mass is 206 g/mol. The predicted octanol–water partition coefficient (Wildman–Crippen LogP) is -0.185. The number of aliphatic hydroxyl groups excluding tert-OH is 1. The van der Waals surface area contributed by atoms with Crippen LogP contribution in [0.2, 0.25) is 0 Å². The Hall–Kier alpha value is -1.69. The molecule has 0 bridgehead atoms. The number of hydrogen-bond donors (Lipinski definition) is 2. The van der Waals surface area contributed by atoms with Gasteiger partial charge in [0.25, 0.3) is 0 Å². The Morgan fingerprint density at radius 3 is 3.07 bits per heavy atom. The summed E-state index contributed by atoms with van der Waals surface area (Å²) >= 11 is 0. The highest BCUT2D eigenvalue weighted by atomic mass is 16.3. The summed E-state index contributed by atoms with van der Waals surface area (Å²) in [5.74, 6) is 0. The Morgan fingerprint density at radius 2 is 2.33 bits per heavy atom. The highest BCUT2D eigenvalue weighted by Crippen LogP contribution is 2.32. The molecule has 78 valence electrons. The van der Waals surface area contributed by atoms with Crippen molar-refractivity contribution < 1.29 is 5.11 Å². The molecule has 0 aromatic carbocycles. The second-order valence-electron chi connectivity index (χ2n) is 3.84. The Morgan fingerprint density at radius 1 is 1.53 bits per heavy atom. The van der Waals surface area contributed by atoms with Gasteiger partial charge in [-0.1, -0.05) is 0 Å². The van der Waals surface area contributed by atoms with Crippen molar-refractivity contribution >= 4 is 11.2 Å². The van der Waals surface area contributed by atoms with Gasteiger partial charge in [-0.2, -0.15) is 0 Å². The van der Waals surface area contributed by atoms with Gasteiger partial charge in [0.1, 0.15) is 11.8 Å². The van der Waals surface area contributed by atoms with E-state index in [4.69, 9.17) is 0 Å². The highest BCUT2D eigenvalue weighted by molar-refractivity contribution is 5.69. The van der Waals surface area contributed by atoms with E-state index in [1.165, 1.54) is 6.33 Å². The van der Waals surface area contributed by atoms with E-state index in [0.717, 1.165) is 0 Å². The molecule has 0 spiro atoms. The van der Waals surface area contributed by atoms with Crippen molar-refractivity contribution in [2.75, 3.05) is 0 Å². The second kappa shape index (κ2) is 2.90. The minimum absolute atomic E-state index is 0.0659. The predicted molar refractivity (Wildman–Crippen MR) is 52.4 cm³/mol. The molecule has 6 heteroatoms. The third kappa shape index (κ3) is 1.18. The summed E-state index contributed by atoms with van der Waals surface area (Å²) in [6.07, 6.45) is 3.96. The van der Waals surface area contributed by atoms with Crippen molar-refractivity contribution in [3.8, 4) is 0 Å². The zero-order valence-corrected chi connectivity index (χ0v) is 7.92. The third-order valence-corrected chi connectivity index (χ3v) is 2.83. The van der Waals surface area contributed by atoms with Gasteiger partial charge in [0.15, 0.2) is 5.65 Å². The van der Waals surface area contributed by atoms with E-state index in [2.05, 4.69) is 15.0 Å². The van der Waals surface area contributed by atoms with E-state index in [-0.39, 0.29) is 17.8 Å². The topological polar surface area (TPSA) is 83.8 Å². The second-order valence-corrected chi connectivity index (χ2v) is 3.84. The normalized spacial score (nSPS) is 25.4. The molecule has 3 rings (SSSR count). The van der Waals surface area contributed by atoms with E-state index < -0.39 is 0 Å². The van der Waals surface area contributed by atoms with Crippen molar-refractivity contribution in [1.29, 1.82) is 0 Å². The van der Waals surface area contributed by atoms with Gasteiger partial charge in [-0.15, -0.1) is 0 Å². The summed E-state index contributed by atoms with van der Waals surface area (Å²) in [5, 5.41) is 9.22. The highest BCUT2D eigenvalue weighted by Gasteiger charge is 2.31. The lowest BCUT2D eigenvalue weighted by Gasteiger charge is -2.31. The lowest BCUT2D eigenvalue weighted by molar-refractivity contribution is 0.0487. The first-order valence-electron chi connectivity index (χ1n) is 4.84. The molecule has 0 unspecified atom stereocenters. The molecule has 2 aromatic rings. The van der Waals surface area contributed by atoms with Crippen LogP contribution in [0.15, 0.2) is 17.3 Å².